The van der Waals surface area contributed by atoms with E-state index in [2.05, 4.69) is 90.9 Å². The molecule has 0 aliphatic carbocycles. The topological polar surface area (TPSA) is 25.3 Å². The molecule has 2 nitrogen and oxygen atoms in total. The second-order valence-corrected chi connectivity index (χ2v) is 17.3. The van der Waals surface area contributed by atoms with Crippen LogP contribution in [-0.4, -0.2) is 4.70 Å². The average Bonchev–Trinajstić information content (AvgIpc) is 3.49. The van der Waals surface area contributed by atoms with E-state index in [1.165, 1.54) is 178 Å². The van der Waals surface area contributed by atoms with Crippen molar-refractivity contribution in [3.8, 4) is 0 Å². The number of aryl methyl sites for hydroxylation is 4. The number of allylic oxidation sites excluding steroid dienone is 2. The Labute approximate surface area is 335 Å². The molecule has 0 bridgehead atoms. The summed E-state index contributed by atoms with van der Waals surface area (Å²) in [6.45, 7) is 15.8. The van der Waals surface area contributed by atoms with Crippen molar-refractivity contribution in [2.45, 2.75) is 220 Å². The van der Waals surface area contributed by atoms with Crippen LogP contribution in [-0.2, 0) is 40.1 Å². The molecule has 0 saturated heterocycles. The number of nitrogens with zero attached hydrogens (tertiary/aromatic N) is 2. The molecule has 3 rings (SSSR count). The fourth-order valence-electron chi connectivity index (χ4n) is 7.57. The Morgan fingerprint density at radius 1 is 0.415 bits per heavy atom. The molecule has 1 heterocycles. The molecule has 1 aliphatic rings. The van der Waals surface area contributed by atoms with Gasteiger partial charge in [0.2, 0.25) is 11.4 Å². The van der Waals surface area contributed by atoms with E-state index in [0.717, 1.165) is 43.5 Å². The van der Waals surface area contributed by atoms with Gasteiger partial charge in [-0.15, -0.1) is 0 Å². The van der Waals surface area contributed by atoms with Crippen LogP contribution in [0.2, 0.25) is 10.8 Å². The van der Waals surface area contributed by atoms with E-state index in [9.17, 15) is 5.53 Å². The normalized spacial score (nSPS) is 12.8. The van der Waals surface area contributed by atoms with Gasteiger partial charge in [0, 0.05) is 22.8 Å². The van der Waals surface area contributed by atoms with Gasteiger partial charge in [-0.05, 0) is 111 Å². The van der Waals surface area contributed by atoms with Crippen LogP contribution in [0.1, 0.15) is 217 Å². The van der Waals surface area contributed by atoms with Gasteiger partial charge in [0.05, 0.1) is 0 Å². The number of hydrogen-bond donors (Lipinski definition) is 0. The van der Waals surface area contributed by atoms with Crippen LogP contribution in [0.5, 0.6) is 0 Å². The minimum absolute atomic E-state index is 0.971. The van der Waals surface area contributed by atoms with E-state index < -0.39 is 0 Å². The standard InChI is InChI=1S/C46H72N2.2C2H5.Ni/c1-6-11-16-19-20-25-30-42-37-45(43-33-38(26-21-14-9-4)31-39(34-43)28-23-17-12-7-2)48(47)46(42)44-35-40(27-22-15-10-5)32-41(36-44)29-24-18-13-8-3;2*1-2;/h31-37H,6-30H2,1-5H3;2*1H2,2H3;. The molecular weight excluding hydrogens is 687 g/mol. The summed E-state index contributed by atoms with van der Waals surface area (Å²) < 4.78 is 1.59. The molecule has 0 unspecified atom stereocenters. The summed E-state index contributed by atoms with van der Waals surface area (Å²) in [5, 5.41) is 2.56. The van der Waals surface area contributed by atoms with Gasteiger partial charge in [-0.1, -0.05) is 143 Å². The third-order valence-corrected chi connectivity index (χ3v) is 11.6. The van der Waals surface area contributed by atoms with Gasteiger partial charge in [-0.3, -0.25) is 0 Å². The van der Waals surface area contributed by atoms with Crippen molar-refractivity contribution in [3.05, 3.63) is 87.0 Å². The van der Waals surface area contributed by atoms with Gasteiger partial charge in [-0.25, -0.2) is 4.70 Å². The maximum absolute atomic E-state index is 12.2. The predicted octanol–water partition coefficient (Wildman–Crippen LogP) is 16.9. The third-order valence-electron chi connectivity index (χ3n) is 10.6. The van der Waals surface area contributed by atoms with Crippen LogP contribution in [0.25, 0.3) is 16.9 Å². The molecule has 3 heteroatoms. The molecule has 0 radical (unpaired) electrons. The fourth-order valence-corrected chi connectivity index (χ4v) is 8.06. The second-order valence-electron chi connectivity index (χ2n) is 15.5. The van der Waals surface area contributed by atoms with Gasteiger partial charge in [0.25, 0.3) is 0 Å². The van der Waals surface area contributed by atoms with Crippen molar-refractivity contribution in [2.75, 3.05) is 0 Å². The summed E-state index contributed by atoms with van der Waals surface area (Å²) in [6, 6.07) is 14.5. The maximum atomic E-state index is 12.2. The van der Waals surface area contributed by atoms with E-state index in [1.807, 2.05) is 14.4 Å². The number of hydrogen-bond acceptors (Lipinski definition) is 0. The Balaban J connectivity index is 0.00000181. The van der Waals surface area contributed by atoms with Crippen molar-refractivity contribution in [2.24, 2.45) is 0 Å². The Bertz CT molecular complexity index is 1330. The van der Waals surface area contributed by atoms with Gasteiger partial charge in [0.15, 0.2) is 0 Å². The molecule has 53 heavy (non-hydrogen) atoms. The predicted molar refractivity (Wildman–Crippen MR) is 233 cm³/mol. The Kier molecular flexibility index (Phi) is 26.9. The summed E-state index contributed by atoms with van der Waals surface area (Å²) in [6.07, 6.45) is 33.3. The van der Waals surface area contributed by atoms with Crippen LogP contribution in [0.15, 0.2) is 48.0 Å². The van der Waals surface area contributed by atoms with E-state index in [0.29, 0.717) is 0 Å². The molecule has 1 aliphatic heterocycles. The van der Waals surface area contributed by atoms with Crippen molar-refractivity contribution < 1.29 is 19.1 Å². The monoisotopic (exact) mass is 769 g/mol. The summed E-state index contributed by atoms with van der Waals surface area (Å²) in [5.74, 6) is 0. The first-order valence-corrected chi connectivity index (χ1v) is 24.0. The van der Waals surface area contributed by atoms with Crippen molar-refractivity contribution >= 4 is 11.4 Å². The van der Waals surface area contributed by atoms with Crippen LogP contribution < -0.4 is 0 Å². The molecule has 0 atom stereocenters. The molecule has 302 valence electrons. The minimum atomic E-state index is 0.971. The summed E-state index contributed by atoms with van der Waals surface area (Å²) in [7, 11) is 0. The van der Waals surface area contributed by atoms with Crippen molar-refractivity contribution in [1.82, 2.24) is 0 Å². The van der Waals surface area contributed by atoms with E-state index in [1.54, 1.807) is 4.70 Å². The van der Waals surface area contributed by atoms with Crippen LogP contribution in [0.3, 0.4) is 0 Å². The van der Waals surface area contributed by atoms with Gasteiger partial charge >= 0.3 is 39.1 Å². The second kappa shape index (κ2) is 30.3. The quantitative estimate of drug-likeness (QED) is 0.0447. The third kappa shape index (κ3) is 18.9. The van der Waals surface area contributed by atoms with Crippen LogP contribution in [0.4, 0.5) is 0 Å². The first-order chi connectivity index (χ1) is 26.0. The fraction of sp³-hybridized carbons (Fsp3) is 0.680. The van der Waals surface area contributed by atoms with Crippen molar-refractivity contribution in [3.63, 3.8) is 0 Å². The Morgan fingerprint density at radius 2 is 0.755 bits per heavy atom. The molecular formula is C50H82N2Ni. The Morgan fingerprint density at radius 3 is 1.17 bits per heavy atom. The zero-order valence-electron chi connectivity index (χ0n) is 35.8. The SMILES string of the molecule is CCCCCCCCC1=C(c2cc(CCCCC)cc(CCCCCC)c2)[N+](=[N-])C(c2cc(CCCCC)cc(CCCCCC)c2)=C1.C[CH2][Ni][CH2]C. The van der Waals surface area contributed by atoms with Gasteiger partial charge in [-0.2, -0.15) is 0 Å². The summed E-state index contributed by atoms with van der Waals surface area (Å²) >= 11 is 1.82. The number of unbranched alkanes of at least 4 members (excludes halogenated alkanes) is 15. The molecule has 2 aromatic carbocycles. The number of rotatable bonds is 29. The molecule has 2 aromatic rings. The van der Waals surface area contributed by atoms with Gasteiger partial charge in [0.1, 0.15) is 0 Å². The number of benzene rings is 2. The molecule has 0 fully saturated rings. The Hall–Kier alpha value is -1.99. The van der Waals surface area contributed by atoms with Crippen LogP contribution >= 0.6 is 0 Å². The van der Waals surface area contributed by atoms with E-state index in [-0.39, 0.29) is 0 Å². The first kappa shape index (κ1) is 47.2. The van der Waals surface area contributed by atoms with Crippen molar-refractivity contribution in [1.29, 1.82) is 0 Å². The first-order valence-electron chi connectivity index (χ1n) is 22.6. The van der Waals surface area contributed by atoms with Gasteiger partial charge < -0.3 is 5.53 Å². The molecule has 0 amide bonds. The summed E-state index contributed by atoms with van der Waals surface area (Å²) in [4.78, 5) is 0. The zero-order valence-corrected chi connectivity index (χ0v) is 36.8. The molecule has 0 saturated carbocycles. The molecule has 0 spiro atoms. The average molecular weight is 770 g/mol. The van der Waals surface area contributed by atoms with E-state index in [4.69, 9.17) is 0 Å². The zero-order chi connectivity index (χ0) is 38.5. The molecule has 0 N–H and O–H groups in total. The molecule has 0 aromatic heterocycles. The summed E-state index contributed by atoms with van der Waals surface area (Å²) in [5.41, 5.74) is 23.6. The van der Waals surface area contributed by atoms with E-state index >= 15 is 0 Å². The van der Waals surface area contributed by atoms with Crippen LogP contribution in [0, 0.1) is 0 Å².